The Labute approximate surface area is 131 Å². The number of rotatable bonds is 2. The Balaban J connectivity index is 0.00000161. The fraction of sp³-hybridized carbons (Fsp3) is 0.353. The molecule has 1 atom stereocenters. The van der Waals surface area contributed by atoms with Gasteiger partial charge in [-0.25, -0.2) is 0 Å². The highest BCUT2D eigenvalue weighted by Crippen LogP contribution is 2.17. The molecule has 1 saturated heterocycles. The number of hydrogen-bond acceptors (Lipinski definition) is 2. The molecule has 2 aromatic carbocycles. The van der Waals surface area contributed by atoms with Crippen LogP contribution in [0.4, 0.5) is 0 Å². The van der Waals surface area contributed by atoms with Gasteiger partial charge in [-0.2, -0.15) is 0 Å². The quantitative estimate of drug-likeness (QED) is 0.925. The molecule has 21 heavy (non-hydrogen) atoms. The molecule has 1 fully saturated rings. The molecule has 1 amide bonds. The van der Waals surface area contributed by atoms with Crippen LogP contribution in [-0.2, 0) is 11.2 Å². The second-order valence-corrected chi connectivity index (χ2v) is 5.50. The van der Waals surface area contributed by atoms with Crippen LogP contribution in [0.2, 0.25) is 0 Å². The van der Waals surface area contributed by atoms with Crippen LogP contribution in [0.1, 0.15) is 12.5 Å². The molecule has 1 N–H and O–H groups in total. The van der Waals surface area contributed by atoms with Crippen LogP contribution < -0.4 is 5.32 Å². The number of benzene rings is 2. The van der Waals surface area contributed by atoms with Crippen molar-refractivity contribution >= 4 is 29.1 Å². The molecule has 0 aliphatic carbocycles. The van der Waals surface area contributed by atoms with E-state index in [1.807, 2.05) is 17.0 Å². The van der Waals surface area contributed by atoms with Crippen molar-refractivity contribution in [1.29, 1.82) is 0 Å². The lowest BCUT2D eigenvalue weighted by molar-refractivity contribution is -0.133. The summed E-state index contributed by atoms with van der Waals surface area (Å²) in [6.07, 6.45) is 0.495. The second-order valence-electron chi connectivity index (χ2n) is 5.50. The predicted octanol–water partition coefficient (Wildman–Crippen LogP) is 2.62. The molecule has 0 spiro atoms. The first-order chi connectivity index (χ1) is 9.74. The van der Waals surface area contributed by atoms with Gasteiger partial charge in [0.1, 0.15) is 0 Å². The summed E-state index contributed by atoms with van der Waals surface area (Å²) in [5, 5.41) is 5.74. The first-order valence-corrected chi connectivity index (χ1v) is 7.22. The van der Waals surface area contributed by atoms with Crippen molar-refractivity contribution in [3.05, 3.63) is 48.0 Å². The molecule has 112 valence electrons. The van der Waals surface area contributed by atoms with E-state index in [1.165, 1.54) is 10.8 Å². The fourth-order valence-corrected chi connectivity index (χ4v) is 2.84. The average Bonchev–Trinajstić information content (AvgIpc) is 2.47. The van der Waals surface area contributed by atoms with E-state index < -0.39 is 0 Å². The normalized spacial score (nSPS) is 18.3. The third kappa shape index (κ3) is 3.55. The predicted molar refractivity (Wildman–Crippen MR) is 88.9 cm³/mol. The Morgan fingerprint density at radius 3 is 2.76 bits per heavy atom. The van der Waals surface area contributed by atoms with Crippen LogP contribution in [0.3, 0.4) is 0 Å². The molecule has 0 aromatic heterocycles. The van der Waals surface area contributed by atoms with Crippen LogP contribution in [0.5, 0.6) is 0 Å². The summed E-state index contributed by atoms with van der Waals surface area (Å²) in [6.45, 7) is 4.70. The van der Waals surface area contributed by atoms with Crippen molar-refractivity contribution in [2.24, 2.45) is 0 Å². The van der Waals surface area contributed by atoms with Crippen LogP contribution in [0.25, 0.3) is 10.8 Å². The molecule has 0 bridgehead atoms. The van der Waals surface area contributed by atoms with Crippen molar-refractivity contribution in [3.8, 4) is 0 Å². The van der Waals surface area contributed by atoms with Gasteiger partial charge in [-0.15, -0.1) is 12.4 Å². The third-order valence-electron chi connectivity index (χ3n) is 3.99. The van der Waals surface area contributed by atoms with Gasteiger partial charge >= 0.3 is 0 Å². The summed E-state index contributed by atoms with van der Waals surface area (Å²) < 4.78 is 0. The first-order valence-electron chi connectivity index (χ1n) is 7.22. The van der Waals surface area contributed by atoms with E-state index in [0.717, 1.165) is 25.2 Å². The molecule has 1 aliphatic rings. The third-order valence-corrected chi connectivity index (χ3v) is 3.99. The average molecular weight is 305 g/mol. The molecule has 2 aromatic rings. The van der Waals surface area contributed by atoms with E-state index in [1.54, 1.807) is 0 Å². The van der Waals surface area contributed by atoms with Gasteiger partial charge in [-0.3, -0.25) is 4.79 Å². The van der Waals surface area contributed by atoms with Gasteiger partial charge in [0.25, 0.3) is 0 Å². The van der Waals surface area contributed by atoms with Crippen molar-refractivity contribution in [3.63, 3.8) is 0 Å². The Morgan fingerprint density at radius 1 is 1.24 bits per heavy atom. The van der Waals surface area contributed by atoms with Gasteiger partial charge in [0.05, 0.1) is 6.42 Å². The molecule has 0 saturated carbocycles. The Hall–Kier alpha value is -1.58. The highest BCUT2D eigenvalue weighted by Gasteiger charge is 2.22. The minimum absolute atomic E-state index is 0. The number of piperazine rings is 1. The fourth-order valence-electron chi connectivity index (χ4n) is 2.84. The monoisotopic (exact) mass is 304 g/mol. The molecule has 0 radical (unpaired) electrons. The van der Waals surface area contributed by atoms with Crippen LogP contribution in [0, 0.1) is 0 Å². The number of nitrogens with zero attached hydrogens (tertiary/aromatic N) is 1. The maximum Gasteiger partial charge on any atom is 0.227 e. The zero-order valence-electron chi connectivity index (χ0n) is 12.2. The lowest BCUT2D eigenvalue weighted by atomic mass is 10.0. The minimum Gasteiger partial charge on any atom is -0.337 e. The Morgan fingerprint density at radius 2 is 2.00 bits per heavy atom. The van der Waals surface area contributed by atoms with Gasteiger partial charge in [0, 0.05) is 25.7 Å². The number of amides is 1. The van der Waals surface area contributed by atoms with Gasteiger partial charge in [-0.1, -0.05) is 42.5 Å². The van der Waals surface area contributed by atoms with Crippen LogP contribution in [-0.4, -0.2) is 36.5 Å². The highest BCUT2D eigenvalue weighted by molar-refractivity contribution is 5.86. The second kappa shape index (κ2) is 6.92. The molecule has 1 heterocycles. The Kier molecular flexibility index (Phi) is 5.21. The zero-order valence-corrected chi connectivity index (χ0v) is 13.0. The number of hydrogen-bond donors (Lipinski definition) is 1. The van der Waals surface area contributed by atoms with Crippen LogP contribution in [0.15, 0.2) is 42.5 Å². The minimum atomic E-state index is 0. The molecule has 1 aliphatic heterocycles. The zero-order chi connectivity index (χ0) is 13.9. The van der Waals surface area contributed by atoms with E-state index in [4.69, 9.17) is 0 Å². The van der Waals surface area contributed by atoms with E-state index in [0.29, 0.717) is 6.42 Å². The SMILES string of the molecule is C[C@H]1CNCCN1C(=O)Cc1ccc2ccccc2c1.Cl. The summed E-state index contributed by atoms with van der Waals surface area (Å²) in [4.78, 5) is 14.4. The van der Waals surface area contributed by atoms with E-state index >= 15 is 0 Å². The van der Waals surface area contributed by atoms with Crippen molar-refractivity contribution in [1.82, 2.24) is 10.2 Å². The maximum absolute atomic E-state index is 12.4. The van der Waals surface area contributed by atoms with E-state index in [9.17, 15) is 4.79 Å². The molecule has 4 heteroatoms. The topological polar surface area (TPSA) is 32.3 Å². The number of halogens is 1. The number of carbonyl (C=O) groups excluding carboxylic acids is 1. The Bertz CT molecular complexity index is 629. The summed E-state index contributed by atoms with van der Waals surface area (Å²) >= 11 is 0. The summed E-state index contributed by atoms with van der Waals surface area (Å²) in [5.41, 5.74) is 1.10. The molecular weight excluding hydrogens is 284 g/mol. The van der Waals surface area contributed by atoms with Gasteiger partial charge in [0.15, 0.2) is 0 Å². The van der Waals surface area contributed by atoms with Gasteiger partial charge in [0.2, 0.25) is 5.91 Å². The number of fused-ring (bicyclic) bond motifs is 1. The smallest absolute Gasteiger partial charge is 0.227 e. The van der Waals surface area contributed by atoms with Crippen molar-refractivity contribution in [2.75, 3.05) is 19.6 Å². The molecule has 0 unspecified atom stereocenters. The number of nitrogens with one attached hydrogen (secondary N) is 1. The number of carbonyl (C=O) groups is 1. The maximum atomic E-state index is 12.4. The summed E-state index contributed by atoms with van der Waals surface area (Å²) in [7, 11) is 0. The first kappa shape index (κ1) is 15.8. The van der Waals surface area contributed by atoms with E-state index in [2.05, 4.69) is 42.6 Å². The van der Waals surface area contributed by atoms with Crippen molar-refractivity contribution in [2.45, 2.75) is 19.4 Å². The highest BCUT2D eigenvalue weighted by atomic mass is 35.5. The van der Waals surface area contributed by atoms with E-state index in [-0.39, 0.29) is 24.4 Å². The van der Waals surface area contributed by atoms with Gasteiger partial charge in [-0.05, 0) is 23.3 Å². The summed E-state index contributed by atoms with van der Waals surface area (Å²) in [6, 6.07) is 14.8. The molecule has 3 nitrogen and oxygen atoms in total. The lowest BCUT2D eigenvalue weighted by Crippen LogP contribution is -2.52. The van der Waals surface area contributed by atoms with Crippen molar-refractivity contribution < 1.29 is 4.79 Å². The van der Waals surface area contributed by atoms with Gasteiger partial charge < -0.3 is 10.2 Å². The summed E-state index contributed by atoms with van der Waals surface area (Å²) in [5.74, 6) is 0.231. The molecular formula is C17H21ClN2O. The lowest BCUT2D eigenvalue weighted by Gasteiger charge is -2.34. The largest absolute Gasteiger partial charge is 0.337 e. The molecule has 3 rings (SSSR count). The van der Waals surface area contributed by atoms with Crippen LogP contribution >= 0.6 is 12.4 Å². The standard InChI is InChI=1S/C17H20N2O.ClH/c1-13-12-18-8-9-19(13)17(20)11-14-6-7-15-4-2-3-5-16(15)10-14;/h2-7,10,13,18H,8-9,11-12H2,1H3;1H/t13-;/m0./s1.